The molecule has 2 unspecified atom stereocenters. The van der Waals surface area contributed by atoms with Gasteiger partial charge in [0, 0.05) is 68.2 Å². The highest BCUT2D eigenvalue weighted by atomic mass is 32.2. The van der Waals surface area contributed by atoms with Crippen LogP contribution in [-0.4, -0.2) is 46.6 Å². The van der Waals surface area contributed by atoms with Crippen molar-refractivity contribution in [1.82, 2.24) is 22.8 Å². The van der Waals surface area contributed by atoms with Crippen molar-refractivity contribution in [2.45, 2.75) is 22.8 Å². The number of nitrogens with zero attached hydrogens (tertiary/aromatic N) is 5. The first-order chi connectivity index (χ1) is 24.1. The molecule has 0 bridgehead atoms. The normalized spacial score (nSPS) is 15.3. The number of halogens is 2. The van der Waals surface area contributed by atoms with E-state index in [0.29, 0.717) is 12.8 Å². The Morgan fingerprint density at radius 3 is 1.50 bits per heavy atom. The largest absolute Gasteiger partial charge is 0.298 e. The van der Waals surface area contributed by atoms with E-state index in [1.54, 1.807) is 0 Å². The molecule has 2 atom stereocenters. The summed E-state index contributed by atoms with van der Waals surface area (Å²) >= 11 is 0. The Morgan fingerprint density at radius 1 is 0.696 bits per heavy atom. The van der Waals surface area contributed by atoms with E-state index in [2.05, 4.69) is 9.97 Å². The third-order valence-electron chi connectivity index (χ3n) is 6.87. The highest BCUT2D eigenvalue weighted by Gasteiger charge is 2.26. The summed E-state index contributed by atoms with van der Waals surface area (Å²) in [5.74, 6) is -1.59. The van der Waals surface area contributed by atoms with Crippen molar-refractivity contribution in [1.29, 1.82) is 0 Å². The maximum absolute atomic E-state index is 15.1. The Kier molecular flexibility index (Phi) is 6.82. The van der Waals surface area contributed by atoms with Crippen LogP contribution in [0, 0.1) is 11.6 Å². The SMILES string of the molecule is [2H]C(c1cc(-c2ccccc2F)n(S(=O)(=O)c2cccnc2)c1)N(C([2H])c1cc(-c2ccccc2F)n(S(=O)(=O)c2cccnc2)c1)C([2H])([2H])[2H]. The van der Waals surface area contributed by atoms with Crippen LogP contribution in [0.4, 0.5) is 8.78 Å². The minimum absolute atomic E-state index is 0.168. The first kappa shape index (κ1) is 25.2. The summed E-state index contributed by atoms with van der Waals surface area (Å²) in [7, 11) is -8.95. The molecule has 4 aromatic heterocycles. The number of pyridine rings is 2. The number of hydrogen-bond donors (Lipinski definition) is 0. The monoisotopic (exact) mass is 664 g/mol. The van der Waals surface area contributed by atoms with Crippen LogP contribution in [-0.2, 0) is 33.1 Å². The zero-order chi connectivity index (χ0) is 36.7. The standard InChI is InChI=1S/C33H27F2N5O4S2/c1-38(20-24-16-32(28-10-2-4-12-30(28)34)39(22-24)45(41,42)26-8-6-14-36-18-26)21-25-17-33(29-11-3-5-13-31(29)35)40(23-25)46(43,44)27-9-7-15-37-19-27/h2-19,22-23H,20-21H2,1H3/i1D3,20D,21D. The topological polar surface area (TPSA) is 107 Å². The van der Waals surface area contributed by atoms with Crippen molar-refractivity contribution in [3.63, 3.8) is 0 Å². The van der Waals surface area contributed by atoms with Crippen molar-refractivity contribution < 1.29 is 32.5 Å². The lowest BCUT2D eigenvalue weighted by Crippen LogP contribution is -2.17. The van der Waals surface area contributed by atoms with Crippen molar-refractivity contribution in [2.24, 2.45) is 0 Å². The molecule has 0 saturated carbocycles. The number of benzene rings is 2. The molecule has 4 heterocycles. The first-order valence-corrected chi connectivity index (χ1v) is 16.4. The molecule has 0 aliphatic heterocycles. The fourth-order valence-corrected chi connectivity index (χ4v) is 7.47. The molecule has 0 amide bonds. The molecule has 2 aromatic carbocycles. The van der Waals surface area contributed by atoms with Gasteiger partial charge in [-0.2, -0.15) is 0 Å². The van der Waals surface area contributed by atoms with Crippen molar-refractivity contribution >= 4 is 20.0 Å². The van der Waals surface area contributed by atoms with Crippen LogP contribution in [0.3, 0.4) is 0 Å². The van der Waals surface area contributed by atoms with Crippen molar-refractivity contribution in [2.75, 3.05) is 6.98 Å². The van der Waals surface area contributed by atoms with Crippen LogP contribution < -0.4 is 0 Å². The molecule has 6 aromatic rings. The minimum atomic E-state index is -4.47. The molecule has 0 N–H and O–H groups in total. The van der Waals surface area contributed by atoms with Gasteiger partial charge in [-0.3, -0.25) is 14.9 Å². The molecule has 13 heteroatoms. The van der Waals surface area contributed by atoms with E-state index in [0.717, 1.165) is 49.1 Å². The smallest absolute Gasteiger partial charge is 0.269 e. The Morgan fingerprint density at radius 2 is 1.13 bits per heavy atom. The van der Waals surface area contributed by atoms with Crippen LogP contribution in [0.2, 0.25) is 0 Å². The highest BCUT2D eigenvalue weighted by molar-refractivity contribution is 7.90. The summed E-state index contributed by atoms with van der Waals surface area (Å²) in [5.41, 5.74) is -1.28. The molecule has 0 aliphatic carbocycles. The van der Waals surface area contributed by atoms with Gasteiger partial charge in [-0.25, -0.2) is 33.6 Å². The van der Waals surface area contributed by atoms with Gasteiger partial charge in [0.25, 0.3) is 20.0 Å². The van der Waals surface area contributed by atoms with Gasteiger partial charge in [0.1, 0.15) is 21.4 Å². The van der Waals surface area contributed by atoms with E-state index in [4.69, 9.17) is 6.85 Å². The van der Waals surface area contributed by atoms with Gasteiger partial charge < -0.3 is 0 Å². The minimum Gasteiger partial charge on any atom is -0.298 e. The van der Waals surface area contributed by atoms with Crippen molar-refractivity contribution in [3.8, 4) is 22.5 Å². The van der Waals surface area contributed by atoms with Crippen LogP contribution in [0.15, 0.2) is 132 Å². The van der Waals surface area contributed by atoms with Crippen LogP contribution in [0.5, 0.6) is 0 Å². The van der Waals surface area contributed by atoms with Crippen molar-refractivity contribution in [3.05, 3.63) is 145 Å². The predicted octanol–water partition coefficient (Wildman–Crippen LogP) is 5.80. The third kappa shape index (κ3) is 5.99. The Balaban J connectivity index is 1.50. The van der Waals surface area contributed by atoms with Crippen LogP contribution in [0.1, 0.15) is 18.0 Å². The predicted molar refractivity (Wildman–Crippen MR) is 168 cm³/mol. The van der Waals surface area contributed by atoms with Crippen LogP contribution in [0.25, 0.3) is 22.5 Å². The summed E-state index contributed by atoms with van der Waals surface area (Å²) < 4.78 is 130. The summed E-state index contributed by atoms with van der Waals surface area (Å²) in [6, 6.07) is 18.1. The second-order valence-corrected chi connectivity index (χ2v) is 13.6. The molecule has 0 saturated heterocycles. The summed E-state index contributed by atoms with van der Waals surface area (Å²) in [5, 5.41) is 0. The van der Waals surface area contributed by atoms with Gasteiger partial charge in [-0.05, 0) is 78.8 Å². The molecule has 6 rings (SSSR count). The third-order valence-corrected chi connectivity index (χ3v) is 10.2. The fourth-order valence-electron chi connectivity index (χ4n) is 4.78. The number of aromatic nitrogens is 4. The first-order valence-electron chi connectivity index (χ1n) is 16.2. The summed E-state index contributed by atoms with van der Waals surface area (Å²) in [6.07, 6.45) is 6.79. The van der Waals surface area contributed by atoms with Gasteiger partial charge in [-0.15, -0.1) is 0 Å². The Labute approximate surface area is 272 Å². The maximum Gasteiger partial charge on any atom is 0.269 e. The average Bonchev–Trinajstić information content (AvgIpc) is 3.76. The lowest BCUT2D eigenvalue weighted by molar-refractivity contribution is 0.319. The molecule has 234 valence electrons. The van der Waals surface area contributed by atoms with Crippen LogP contribution >= 0.6 is 0 Å². The summed E-state index contributed by atoms with van der Waals surface area (Å²) in [6.45, 7) is -7.19. The molecule has 0 radical (unpaired) electrons. The lowest BCUT2D eigenvalue weighted by Gasteiger charge is -2.14. The van der Waals surface area contributed by atoms with E-state index in [1.165, 1.54) is 73.1 Å². The number of hydrogen-bond acceptors (Lipinski definition) is 7. The maximum atomic E-state index is 15.1. The molecule has 0 aliphatic rings. The zero-order valence-corrected chi connectivity index (χ0v) is 25.3. The molecule has 46 heavy (non-hydrogen) atoms. The Bertz CT molecular complexity index is 2270. The van der Waals surface area contributed by atoms with Gasteiger partial charge in [-0.1, -0.05) is 24.3 Å². The second-order valence-electron chi connectivity index (χ2n) is 9.92. The van der Waals surface area contributed by atoms with Gasteiger partial charge >= 0.3 is 0 Å². The molecule has 0 spiro atoms. The number of rotatable bonds is 10. The Hall–Kier alpha value is -4.98. The van der Waals surface area contributed by atoms with E-state index < -0.39 is 51.7 Å². The second kappa shape index (κ2) is 12.4. The van der Waals surface area contributed by atoms with E-state index in [1.807, 2.05) is 0 Å². The highest BCUT2D eigenvalue weighted by Crippen LogP contribution is 2.31. The fraction of sp³-hybridized carbons (Fsp3) is 0.0909. The quantitative estimate of drug-likeness (QED) is 0.182. The van der Waals surface area contributed by atoms with Gasteiger partial charge in [0.2, 0.25) is 0 Å². The molecule has 9 nitrogen and oxygen atoms in total. The molecule has 0 fully saturated rings. The lowest BCUT2D eigenvalue weighted by atomic mass is 10.1. The average molecular weight is 665 g/mol. The van der Waals surface area contributed by atoms with E-state index in [9.17, 15) is 16.8 Å². The molecular formula is C33H27F2N5O4S2. The molecular weight excluding hydrogens is 633 g/mol. The van der Waals surface area contributed by atoms with Gasteiger partial charge in [0.05, 0.1) is 11.4 Å². The van der Waals surface area contributed by atoms with E-state index in [-0.39, 0.29) is 43.4 Å². The van der Waals surface area contributed by atoms with E-state index >= 15 is 8.78 Å². The zero-order valence-electron chi connectivity index (χ0n) is 28.6. The van der Waals surface area contributed by atoms with Gasteiger partial charge in [0.15, 0.2) is 0 Å². The summed E-state index contributed by atoms with van der Waals surface area (Å²) in [4.78, 5) is 7.59.